The molecule has 7 heteroatoms. The third-order valence-corrected chi connectivity index (χ3v) is 2.70. The molecule has 15 heavy (non-hydrogen) atoms. The van der Waals surface area contributed by atoms with Crippen LogP contribution in [0.3, 0.4) is 0 Å². The van der Waals surface area contributed by atoms with Crippen LogP contribution < -0.4 is 5.32 Å². The summed E-state index contributed by atoms with van der Waals surface area (Å²) in [6.45, 7) is 1.82. The van der Waals surface area contributed by atoms with Crippen molar-refractivity contribution in [2.45, 2.75) is 13.0 Å². The second kappa shape index (κ2) is 4.92. The Morgan fingerprint density at radius 3 is 2.93 bits per heavy atom. The van der Waals surface area contributed by atoms with Gasteiger partial charge in [-0.3, -0.25) is 14.9 Å². The number of carbonyl (C=O) groups excluding carboxylic acids is 1. The van der Waals surface area contributed by atoms with Crippen LogP contribution in [0.25, 0.3) is 0 Å². The second-order valence-corrected chi connectivity index (χ2v) is 3.70. The zero-order chi connectivity index (χ0) is 11.4. The van der Waals surface area contributed by atoms with Crippen molar-refractivity contribution in [3.05, 3.63) is 28.1 Å². The van der Waals surface area contributed by atoms with Crippen LogP contribution in [0.1, 0.15) is 17.4 Å². The average Bonchev–Trinajstić information content (AvgIpc) is 2.66. The molecular weight excluding hydrogens is 266 g/mol. The molecule has 1 heterocycles. The molecular formula is C8H10BrN3O3. The summed E-state index contributed by atoms with van der Waals surface area (Å²) >= 11 is 3.21. The van der Waals surface area contributed by atoms with Gasteiger partial charge in [0, 0.05) is 17.4 Å². The first-order valence-electron chi connectivity index (χ1n) is 4.24. The molecule has 1 amide bonds. The van der Waals surface area contributed by atoms with Gasteiger partial charge in [0.15, 0.2) is 0 Å². The van der Waals surface area contributed by atoms with Gasteiger partial charge in [0.25, 0.3) is 11.6 Å². The lowest BCUT2D eigenvalue weighted by molar-refractivity contribution is -0.384. The second-order valence-electron chi connectivity index (χ2n) is 3.06. The van der Waals surface area contributed by atoms with Crippen molar-refractivity contribution in [1.29, 1.82) is 0 Å². The molecule has 82 valence electrons. The molecule has 0 aliphatic heterocycles. The summed E-state index contributed by atoms with van der Waals surface area (Å²) in [5.41, 5.74) is 0.0705. The van der Waals surface area contributed by atoms with Gasteiger partial charge in [-0.15, -0.1) is 0 Å². The van der Waals surface area contributed by atoms with Crippen molar-refractivity contribution in [1.82, 2.24) is 10.3 Å². The molecule has 0 fully saturated rings. The van der Waals surface area contributed by atoms with Crippen LogP contribution in [0.15, 0.2) is 12.3 Å². The number of hydrogen-bond acceptors (Lipinski definition) is 3. The molecule has 0 saturated carbocycles. The number of carbonyl (C=O) groups is 1. The number of aromatic nitrogens is 1. The molecule has 6 nitrogen and oxygen atoms in total. The van der Waals surface area contributed by atoms with E-state index in [1.54, 1.807) is 0 Å². The minimum absolute atomic E-state index is 0.0279. The number of halogens is 1. The minimum Gasteiger partial charge on any atom is -0.351 e. The van der Waals surface area contributed by atoms with Crippen LogP contribution in [0.4, 0.5) is 5.69 Å². The summed E-state index contributed by atoms with van der Waals surface area (Å²) < 4.78 is 0. The molecule has 0 radical (unpaired) electrons. The molecule has 1 unspecified atom stereocenters. The summed E-state index contributed by atoms with van der Waals surface area (Å²) in [5, 5.41) is 13.6. The van der Waals surface area contributed by atoms with E-state index in [2.05, 4.69) is 26.2 Å². The van der Waals surface area contributed by atoms with Crippen molar-refractivity contribution in [3.8, 4) is 0 Å². The Kier molecular flexibility index (Phi) is 3.84. The standard InChI is InChI=1S/C8H10BrN3O3/c1-5(3-9)11-8(13)7-2-6(4-10-7)12(14)15/h2,4-5,10H,3H2,1H3,(H,11,13). The Labute approximate surface area is 94.3 Å². The van der Waals surface area contributed by atoms with Gasteiger partial charge < -0.3 is 10.3 Å². The maximum atomic E-state index is 11.5. The SMILES string of the molecule is CC(CBr)NC(=O)c1cc([N+](=O)[O-])c[nH]1. The van der Waals surface area contributed by atoms with E-state index in [1.165, 1.54) is 12.3 Å². The Morgan fingerprint density at radius 2 is 2.47 bits per heavy atom. The Bertz CT molecular complexity index is 377. The highest BCUT2D eigenvalue weighted by atomic mass is 79.9. The normalized spacial score (nSPS) is 12.1. The third kappa shape index (κ3) is 3.05. The molecule has 0 spiro atoms. The Hall–Kier alpha value is -1.37. The number of alkyl halides is 1. The van der Waals surface area contributed by atoms with Crippen LogP contribution >= 0.6 is 15.9 Å². The molecule has 1 rings (SSSR count). The predicted octanol–water partition coefficient (Wildman–Crippen LogP) is 1.44. The highest BCUT2D eigenvalue weighted by Crippen LogP contribution is 2.11. The maximum absolute atomic E-state index is 11.5. The van der Waals surface area contributed by atoms with Crippen LogP contribution in [0, 0.1) is 10.1 Å². The molecule has 0 aliphatic rings. The van der Waals surface area contributed by atoms with Gasteiger partial charge in [-0.1, -0.05) is 15.9 Å². The van der Waals surface area contributed by atoms with Crippen LogP contribution in [-0.2, 0) is 0 Å². The minimum atomic E-state index is -0.554. The fourth-order valence-electron chi connectivity index (χ4n) is 0.960. The molecule has 0 aliphatic carbocycles. The van der Waals surface area contributed by atoms with Crippen molar-refractivity contribution in [2.24, 2.45) is 0 Å². The topological polar surface area (TPSA) is 88.0 Å². The zero-order valence-corrected chi connectivity index (χ0v) is 9.58. The number of aromatic amines is 1. The van der Waals surface area contributed by atoms with Gasteiger partial charge in [-0.25, -0.2) is 0 Å². The van der Waals surface area contributed by atoms with E-state index >= 15 is 0 Å². The third-order valence-electron chi connectivity index (χ3n) is 1.73. The lowest BCUT2D eigenvalue weighted by Crippen LogP contribution is -2.33. The van der Waals surface area contributed by atoms with Crippen LogP contribution in [0.5, 0.6) is 0 Å². The van der Waals surface area contributed by atoms with Crippen LogP contribution in [0.2, 0.25) is 0 Å². The first kappa shape index (κ1) is 11.7. The predicted molar refractivity (Wildman–Crippen MR) is 58.2 cm³/mol. The smallest absolute Gasteiger partial charge is 0.287 e. The van der Waals surface area contributed by atoms with Gasteiger partial charge in [-0.2, -0.15) is 0 Å². The average molecular weight is 276 g/mol. The molecule has 1 atom stereocenters. The van der Waals surface area contributed by atoms with Crippen LogP contribution in [-0.4, -0.2) is 27.2 Å². The van der Waals surface area contributed by atoms with Gasteiger partial charge >= 0.3 is 0 Å². The summed E-state index contributed by atoms with van der Waals surface area (Å²) in [6.07, 6.45) is 1.19. The van der Waals surface area contributed by atoms with E-state index < -0.39 is 4.92 Å². The maximum Gasteiger partial charge on any atom is 0.287 e. The van der Waals surface area contributed by atoms with E-state index in [-0.39, 0.29) is 23.3 Å². The fourth-order valence-corrected chi connectivity index (χ4v) is 1.12. The lowest BCUT2D eigenvalue weighted by Gasteiger charge is -2.08. The van der Waals surface area contributed by atoms with Gasteiger partial charge in [0.05, 0.1) is 11.1 Å². The van der Waals surface area contributed by atoms with Crippen molar-refractivity contribution >= 4 is 27.5 Å². The lowest BCUT2D eigenvalue weighted by atomic mass is 10.3. The van der Waals surface area contributed by atoms with E-state index in [4.69, 9.17) is 0 Å². The first-order valence-corrected chi connectivity index (χ1v) is 5.36. The van der Waals surface area contributed by atoms with E-state index in [1.807, 2.05) is 6.92 Å². The van der Waals surface area contributed by atoms with Gasteiger partial charge in [0.1, 0.15) is 5.69 Å². The molecule has 1 aromatic heterocycles. The molecule has 0 aromatic carbocycles. The number of hydrogen-bond donors (Lipinski definition) is 2. The summed E-state index contributed by atoms with van der Waals surface area (Å²) in [4.78, 5) is 23.8. The van der Waals surface area contributed by atoms with E-state index in [9.17, 15) is 14.9 Å². The quantitative estimate of drug-likeness (QED) is 0.495. The summed E-state index contributed by atoms with van der Waals surface area (Å²) in [7, 11) is 0. The monoisotopic (exact) mass is 275 g/mol. The van der Waals surface area contributed by atoms with Gasteiger partial charge in [0.2, 0.25) is 0 Å². The van der Waals surface area contributed by atoms with E-state index in [0.717, 1.165) is 0 Å². The van der Waals surface area contributed by atoms with E-state index in [0.29, 0.717) is 5.33 Å². The highest BCUT2D eigenvalue weighted by Gasteiger charge is 2.15. The summed E-state index contributed by atoms with van der Waals surface area (Å²) in [6, 6.07) is 1.18. The number of nitrogens with zero attached hydrogens (tertiary/aromatic N) is 1. The Morgan fingerprint density at radius 1 is 1.80 bits per heavy atom. The molecule has 2 N–H and O–H groups in total. The van der Waals surface area contributed by atoms with Crippen molar-refractivity contribution < 1.29 is 9.72 Å². The molecule has 0 saturated heterocycles. The zero-order valence-electron chi connectivity index (χ0n) is 7.99. The number of amides is 1. The first-order chi connectivity index (χ1) is 7.04. The summed E-state index contributed by atoms with van der Waals surface area (Å²) in [5.74, 6) is -0.352. The molecule has 1 aromatic rings. The molecule has 0 bridgehead atoms. The largest absolute Gasteiger partial charge is 0.351 e. The highest BCUT2D eigenvalue weighted by molar-refractivity contribution is 9.09. The van der Waals surface area contributed by atoms with Crippen molar-refractivity contribution in [2.75, 3.05) is 5.33 Å². The van der Waals surface area contributed by atoms with Gasteiger partial charge in [-0.05, 0) is 6.92 Å². The van der Waals surface area contributed by atoms with Crippen molar-refractivity contribution in [3.63, 3.8) is 0 Å². The number of nitro groups is 1. The number of rotatable bonds is 4. The fraction of sp³-hybridized carbons (Fsp3) is 0.375. The number of H-pyrrole nitrogens is 1. The number of nitrogens with one attached hydrogen (secondary N) is 2. The Balaban J connectivity index is 2.70.